The molecule has 1 aliphatic heterocycles. The van der Waals surface area contributed by atoms with Crippen molar-refractivity contribution in [1.82, 2.24) is 4.90 Å². The van der Waals surface area contributed by atoms with Crippen LogP contribution in [0.15, 0.2) is 30.3 Å². The Labute approximate surface area is 217 Å². The number of carbonyl (C=O) groups excluding carboxylic acids is 2. The maximum atomic E-state index is 14.1. The molecule has 206 valence electrons. The van der Waals surface area contributed by atoms with Crippen molar-refractivity contribution < 1.29 is 51.7 Å². The van der Waals surface area contributed by atoms with Gasteiger partial charge in [0.2, 0.25) is 5.91 Å². The van der Waals surface area contributed by atoms with E-state index in [4.69, 9.17) is 30.9 Å². The van der Waals surface area contributed by atoms with Gasteiger partial charge in [-0.25, -0.2) is 14.0 Å². The van der Waals surface area contributed by atoms with Crippen molar-refractivity contribution in [2.24, 2.45) is 17.1 Å². The minimum atomic E-state index is -5.08. The summed E-state index contributed by atoms with van der Waals surface area (Å²) in [6.45, 7) is 3.95. The number of halogens is 4. The number of alkyl halides is 3. The lowest BCUT2D eigenvalue weighted by Gasteiger charge is -2.41. The molecule has 0 bridgehead atoms. The smallest absolute Gasteiger partial charge is 0.481 e. The number of hydrogen-bond acceptors (Lipinski definition) is 7. The van der Waals surface area contributed by atoms with Crippen molar-refractivity contribution in [3.8, 4) is 5.75 Å². The minimum Gasteiger partial charge on any atom is -0.481 e. The summed E-state index contributed by atoms with van der Waals surface area (Å²) >= 11 is 1.15. The van der Waals surface area contributed by atoms with Gasteiger partial charge in [0, 0.05) is 28.9 Å². The summed E-state index contributed by atoms with van der Waals surface area (Å²) in [7, 11) is 0. The molecule has 1 fully saturated rings. The molecule has 0 aliphatic carbocycles. The molecule has 0 unspecified atom stereocenters. The number of amides is 1. The summed E-state index contributed by atoms with van der Waals surface area (Å²) in [6.07, 6.45) is -4.72. The molecule has 0 spiro atoms. The van der Waals surface area contributed by atoms with Crippen molar-refractivity contribution in [2.75, 3.05) is 13.1 Å². The molecule has 1 aromatic carbocycles. The standard InChI is InChI=1S/C21H22FN3O5S.C2HF3O2/c1-21(2,20(29)25-9-12(10-25)18(26)27)8-13-4-6-16(31-13)19(28)30-15-5-3-11(17(23)24)7-14(15)22;3-2(4,5)1(6)7/h3-7,12H,8-10H2,1-2H3,(H3,23,24)(H,26,27);(H,6,7). The lowest BCUT2D eigenvalue weighted by Crippen LogP contribution is -2.56. The van der Waals surface area contributed by atoms with Gasteiger partial charge < -0.3 is 25.6 Å². The van der Waals surface area contributed by atoms with Crippen molar-refractivity contribution in [3.05, 3.63) is 51.5 Å². The predicted molar refractivity (Wildman–Crippen MR) is 126 cm³/mol. The number of aliphatic carboxylic acids is 2. The number of nitrogens with one attached hydrogen (secondary N) is 1. The predicted octanol–water partition coefficient (Wildman–Crippen LogP) is 3.14. The van der Waals surface area contributed by atoms with Crippen LogP contribution in [0.1, 0.15) is 34.0 Å². The number of rotatable bonds is 7. The fourth-order valence-corrected chi connectivity index (χ4v) is 4.34. The molecule has 5 N–H and O–H groups in total. The van der Waals surface area contributed by atoms with Gasteiger partial charge in [0.1, 0.15) is 10.7 Å². The summed E-state index contributed by atoms with van der Waals surface area (Å²) in [4.78, 5) is 47.5. The van der Waals surface area contributed by atoms with E-state index < -0.39 is 41.2 Å². The Hall–Kier alpha value is -4.01. The fourth-order valence-electron chi connectivity index (χ4n) is 3.22. The van der Waals surface area contributed by atoms with Gasteiger partial charge in [-0.3, -0.25) is 15.0 Å². The second-order valence-corrected chi connectivity index (χ2v) is 9.99. The molecule has 0 atom stereocenters. The topological polar surface area (TPSA) is 171 Å². The highest BCUT2D eigenvalue weighted by Crippen LogP contribution is 2.32. The van der Waals surface area contributed by atoms with E-state index in [0.717, 1.165) is 22.3 Å². The van der Waals surface area contributed by atoms with Crippen molar-refractivity contribution >= 4 is 41.0 Å². The molecule has 0 radical (unpaired) electrons. The summed E-state index contributed by atoms with van der Waals surface area (Å²) in [6, 6.07) is 6.89. The van der Waals surface area contributed by atoms with Crippen LogP contribution in [0.25, 0.3) is 0 Å². The van der Waals surface area contributed by atoms with E-state index in [9.17, 15) is 31.9 Å². The zero-order valence-corrected chi connectivity index (χ0v) is 20.8. The Morgan fingerprint density at radius 2 is 1.71 bits per heavy atom. The SMILES string of the molecule is CC(C)(Cc1ccc(C(=O)Oc2ccc(C(=N)N)cc2F)s1)C(=O)N1CC(C(=O)O)C1.O=C(O)C(F)(F)F. The number of carboxylic acid groups (broad SMARTS) is 2. The molecular formula is C23H23F4N3O7S. The number of carboxylic acids is 2. The molecule has 0 saturated carbocycles. The molecule has 38 heavy (non-hydrogen) atoms. The van der Waals surface area contributed by atoms with Crippen LogP contribution in [0.4, 0.5) is 17.6 Å². The monoisotopic (exact) mass is 561 g/mol. The Balaban J connectivity index is 0.000000638. The number of carbonyl (C=O) groups is 4. The number of nitrogens with two attached hydrogens (primary N) is 1. The first-order valence-electron chi connectivity index (χ1n) is 10.7. The van der Waals surface area contributed by atoms with E-state index in [1.54, 1.807) is 26.0 Å². The lowest BCUT2D eigenvalue weighted by molar-refractivity contribution is -0.192. The number of nitrogen functional groups attached to an aromatic ring is 1. The second-order valence-electron chi connectivity index (χ2n) is 8.82. The first kappa shape index (κ1) is 30.2. The summed E-state index contributed by atoms with van der Waals surface area (Å²) in [5.74, 6) is -6.44. The largest absolute Gasteiger partial charge is 0.490 e. The number of thiophene rings is 1. The van der Waals surface area contributed by atoms with Crippen molar-refractivity contribution in [3.63, 3.8) is 0 Å². The molecule has 15 heteroatoms. The molecule has 1 amide bonds. The van der Waals surface area contributed by atoms with Gasteiger partial charge in [-0.1, -0.05) is 13.8 Å². The zero-order chi connectivity index (χ0) is 29.0. The van der Waals surface area contributed by atoms with Gasteiger partial charge in [-0.15, -0.1) is 11.3 Å². The number of ether oxygens (including phenoxy) is 1. The summed E-state index contributed by atoms with van der Waals surface area (Å²) in [5.41, 5.74) is 4.71. The highest BCUT2D eigenvalue weighted by molar-refractivity contribution is 7.14. The van der Waals surface area contributed by atoms with Crippen LogP contribution in [-0.4, -0.2) is 64.0 Å². The third-order valence-electron chi connectivity index (χ3n) is 5.26. The lowest BCUT2D eigenvalue weighted by atomic mass is 9.84. The maximum Gasteiger partial charge on any atom is 0.490 e. The van der Waals surface area contributed by atoms with Crippen molar-refractivity contribution in [2.45, 2.75) is 26.4 Å². The number of amidine groups is 1. The Morgan fingerprint density at radius 1 is 1.13 bits per heavy atom. The number of esters is 1. The average molecular weight is 562 g/mol. The van der Waals surface area contributed by atoms with Crippen LogP contribution >= 0.6 is 11.3 Å². The van der Waals surface area contributed by atoms with Gasteiger partial charge in [-0.05, 0) is 36.8 Å². The first-order valence-corrected chi connectivity index (χ1v) is 11.5. The molecule has 2 heterocycles. The average Bonchev–Trinajstić information content (AvgIpc) is 3.21. The molecule has 10 nitrogen and oxygen atoms in total. The molecule has 1 aromatic heterocycles. The third-order valence-corrected chi connectivity index (χ3v) is 6.33. The van der Waals surface area contributed by atoms with Crippen LogP contribution in [-0.2, 0) is 20.8 Å². The van der Waals surface area contributed by atoms with E-state index in [0.29, 0.717) is 6.42 Å². The third kappa shape index (κ3) is 7.74. The van der Waals surface area contributed by atoms with Crippen LogP contribution in [0.5, 0.6) is 5.75 Å². The van der Waals surface area contributed by atoms with Gasteiger partial charge in [0.05, 0.1) is 5.92 Å². The van der Waals surface area contributed by atoms with Gasteiger partial charge in [-0.2, -0.15) is 13.2 Å². The van der Waals surface area contributed by atoms with E-state index in [2.05, 4.69) is 0 Å². The van der Waals surface area contributed by atoms with Crippen molar-refractivity contribution in [1.29, 1.82) is 5.41 Å². The van der Waals surface area contributed by atoms with Gasteiger partial charge in [0.15, 0.2) is 11.6 Å². The Morgan fingerprint density at radius 3 is 2.18 bits per heavy atom. The minimum absolute atomic E-state index is 0.143. The maximum absolute atomic E-state index is 14.1. The number of nitrogens with zero attached hydrogens (tertiary/aromatic N) is 1. The van der Waals surface area contributed by atoms with Crippen LogP contribution < -0.4 is 10.5 Å². The summed E-state index contributed by atoms with van der Waals surface area (Å²) < 4.78 is 50.9. The van der Waals surface area contributed by atoms with E-state index in [1.165, 1.54) is 17.0 Å². The molecule has 3 rings (SSSR count). The molecule has 1 aliphatic rings. The highest BCUT2D eigenvalue weighted by Gasteiger charge is 2.41. The zero-order valence-electron chi connectivity index (χ0n) is 20.0. The second kappa shape index (κ2) is 11.6. The molecule has 1 saturated heterocycles. The van der Waals surface area contributed by atoms with E-state index in [1.807, 2.05) is 0 Å². The van der Waals surface area contributed by atoms with Gasteiger partial charge >= 0.3 is 24.1 Å². The quantitative estimate of drug-likeness (QED) is 0.131. The van der Waals surface area contributed by atoms with Gasteiger partial charge in [0.25, 0.3) is 0 Å². The summed E-state index contributed by atoms with van der Waals surface area (Å²) in [5, 5.41) is 23.4. The highest BCUT2D eigenvalue weighted by atomic mass is 32.1. The first-order chi connectivity index (χ1) is 17.4. The fraction of sp³-hybridized carbons (Fsp3) is 0.348. The van der Waals surface area contributed by atoms with Crippen LogP contribution in [0, 0.1) is 22.6 Å². The number of hydrogen-bond donors (Lipinski definition) is 4. The van der Waals surface area contributed by atoms with E-state index >= 15 is 0 Å². The Kier molecular flexibility index (Phi) is 9.21. The van der Waals surface area contributed by atoms with Crippen LogP contribution in [0.2, 0.25) is 0 Å². The molecule has 2 aromatic rings. The number of likely N-dealkylation sites (tertiary alicyclic amines) is 1. The van der Waals surface area contributed by atoms with E-state index in [-0.39, 0.29) is 41.0 Å². The normalized spacial score (nSPS) is 13.6. The molecular weight excluding hydrogens is 538 g/mol. The number of benzene rings is 1. The Bertz CT molecular complexity index is 1250. The van der Waals surface area contributed by atoms with Crippen LogP contribution in [0.3, 0.4) is 0 Å².